The van der Waals surface area contributed by atoms with Crippen LogP contribution in [0.5, 0.6) is 0 Å². The lowest BCUT2D eigenvalue weighted by molar-refractivity contribution is -0.150. The number of nitrogens with zero attached hydrogens (tertiary/aromatic N) is 1. The second-order valence-electron chi connectivity index (χ2n) is 7.10. The lowest BCUT2D eigenvalue weighted by Gasteiger charge is -2.27. The molecule has 1 saturated carbocycles. The number of carbonyl (C=O) groups is 3. The number of benzene rings is 2. The fraction of sp³-hybridized carbons (Fsp3) is 0.318. The molecule has 5 nitrogen and oxygen atoms in total. The number of ether oxygens (including phenoxy) is 1. The molecule has 2 aromatic rings. The molecule has 0 saturated heterocycles. The minimum atomic E-state index is -0.608. The molecule has 2 aliphatic rings. The molecule has 0 atom stereocenters. The molecular weight excluding hydrogens is 342 g/mol. The molecule has 0 radical (unpaired) electrons. The summed E-state index contributed by atoms with van der Waals surface area (Å²) in [5, 5.41) is 0. The monoisotopic (exact) mass is 363 g/mol. The SMILES string of the molecule is O=C1c2ccccc2C(=O)N1CCOC(=O)C1(c2ccccc2)CCCC1. The van der Waals surface area contributed by atoms with Gasteiger partial charge in [-0.2, -0.15) is 0 Å². The number of hydrogen-bond donors (Lipinski definition) is 0. The zero-order valence-corrected chi connectivity index (χ0v) is 15.0. The summed E-state index contributed by atoms with van der Waals surface area (Å²) >= 11 is 0. The minimum absolute atomic E-state index is 0.0128. The third-order valence-electron chi connectivity index (χ3n) is 5.60. The molecule has 1 heterocycles. The van der Waals surface area contributed by atoms with Crippen LogP contribution in [-0.2, 0) is 14.9 Å². The summed E-state index contributed by atoms with van der Waals surface area (Å²) in [7, 11) is 0. The van der Waals surface area contributed by atoms with E-state index in [1.807, 2.05) is 30.3 Å². The van der Waals surface area contributed by atoms with E-state index in [-0.39, 0.29) is 30.9 Å². The standard InChI is InChI=1S/C22H21NO4/c24-19-17-10-4-5-11-18(17)20(25)23(19)14-15-27-21(26)22(12-6-7-13-22)16-8-2-1-3-9-16/h1-5,8-11H,6-7,12-15H2. The van der Waals surface area contributed by atoms with E-state index in [9.17, 15) is 14.4 Å². The van der Waals surface area contributed by atoms with Gasteiger partial charge < -0.3 is 4.74 Å². The highest BCUT2D eigenvalue weighted by Gasteiger charge is 2.44. The van der Waals surface area contributed by atoms with Gasteiger partial charge in [0.05, 0.1) is 23.1 Å². The van der Waals surface area contributed by atoms with Crippen LogP contribution in [0, 0.1) is 0 Å². The van der Waals surface area contributed by atoms with Gasteiger partial charge in [0, 0.05) is 0 Å². The molecule has 0 N–H and O–H groups in total. The largest absolute Gasteiger partial charge is 0.463 e. The van der Waals surface area contributed by atoms with Gasteiger partial charge in [-0.3, -0.25) is 19.3 Å². The van der Waals surface area contributed by atoms with Crippen LogP contribution in [0.25, 0.3) is 0 Å². The van der Waals surface area contributed by atoms with Gasteiger partial charge in [0.1, 0.15) is 6.61 Å². The van der Waals surface area contributed by atoms with E-state index in [1.54, 1.807) is 24.3 Å². The zero-order chi connectivity index (χ0) is 18.9. The van der Waals surface area contributed by atoms with Crippen molar-refractivity contribution in [3.05, 3.63) is 71.3 Å². The molecule has 4 rings (SSSR count). The number of imide groups is 1. The average molecular weight is 363 g/mol. The van der Waals surface area contributed by atoms with Crippen molar-refractivity contribution in [3.8, 4) is 0 Å². The Morgan fingerprint density at radius 2 is 1.44 bits per heavy atom. The highest BCUT2D eigenvalue weighted by atomic mass is 16.5. The molecule has 0 spiro atoms. The van der Waals surface area contributed by atoms with Gasteiger partial charge in [0.15, 0.2) is 0 Å². The molecule has 2 aromatic carbocycles. The quantitative estimate of drug-likeness (QED) is 0.604. The molecule has 27 heavy (non-hydrogen) atoms. The maximum Gasteiger partial charge on any atom is 0.316 e. The number of hydrogen-bond acceptors (Lipinski definition) is 4. The van der Waals surface area contributed by atoms with Crippen molar-refractivity contribution < 1.29 is 19.1 Å². The van der Waals surface area contributed by atoms with Crippen molar-refractivity contribution in [2.75, 3.05) is 13.2 Å². The van der Waals surface area contributed by atoms with E-state index in [2.05, 4.69) is 0 Å². The fourth-order valence-corrected chi connectivity index (χ4v) is 4.16. The first-order valence-electron chi connectivity index (χ1n) is 9.31. The third-order valence-corrected chi connectivity index (χ3v) is 5.60. The van der Waals surface area contributed by atoms with E-state index in [4.69, 9.17) is 4.74 Å². The van der Waals surface area contributed by atoms with Gasteiger partial charge in [0.25, 0.3) is 11.8 Å². The average Bonchev–Trinajstić information content (AvgIpc) is 3.30. The Kier molecular flexibility index (Phi) is 4.52. The normalized spacial score (nSPS) is 17.9. The second-order valence-corrected chi connectivity index (χ2v) is 7.10. The Hall–Kier alpha value is -2.95. The predicted octanol–water partition coefficient (Wildman–Crippen LogP) is 3.34. The Morgan fingerprint density at radius 1 is 0.889 bits per heavy atom. The summed E-state index contributed by atoms with van der Waals surface area (Å²) in [4.78, 5) is 38.8. The summed E-state index contributed by atoms with van der Waals surface area (Å²) in [6.07, 6.45) is 3.51. The summed E-state index contributed by atoms with van der Waals surface area (Å²) in [6, 6.07) is 16.5. The van der Waals surface area contributed by atoms with Crippen molar-refractivity contribution >= 4 is 17.8 Å². The Labute approximate surface area is 157 Å². The Balaban J connectivity index is 1.43. The second kappa shape index (κ2) is 6.99. The number of fused-ring (bicyclic) bond motifs is 1. The van der Waals surface area contributed by atoms with Crippen molar-refractivity contribution in [2.45, 2.75) is 31.1 Å². The maximum atomic E-state index is 12.9. The van der Waals surface area contributed by atoms with Crippen molar-refractivity contribution in [1.29, 1.82) is 0 Å². The van der Waals surface area contributed by atoms with E-state index >= 15 is 0 Å². The molecule has 0 bridgehead atoms. The van der Waals surface area contributed by atoms with Crippen LogP contribution in [0.1, 0.15) is 52.0 Å². The van der Waals surface area contributed by atoms with Crippen LogP contribution in [-0.4, -0.2) is 35.8 Å². The number of rotatable bonds is 5. The van der Waals surface area contributed by atoms with Gasteiger partial charge in [0.2, 0.25) is 0 Å². The fourth-order valence-electron chi connectivity index (χ4n) is 4.16. The topological polar surface area (TPSA) is 63.7 Å². The van der Waals surface area contributed by atoms with E-state index in [1.165, 1.54) is 0 Å². The van der Waals surface area contributed by atoms with E-state index in [0.29, 0.717) is 11.1 Å². The molecular formula is C22H21NO4. The summed E-state index contributed by atoms with van der Waals surface area (Å²) in [5.74, 6) is -0.918. The molecule has 0 aromatic heterocycles. The van der Waals surface area contributed by atoms with Gasteiger partial charge in [-0.05, 0) is 30.5 Å². The highest BCUT2D eigenvalue weighted by molar-refractivity contribution is 6.21. The number of esters is 1. The van der Waals surface area contributed by atoms with Gasteiger partial charge >= 0.3 is 5.97 Å². The van der Waals surface area contributed by atoms with Crippen LogP contribution in [0.2, 0.25) is 0 Å². The van der Waals surface area contributed by atoms with Crippen molar-refractivity contribution in [2.24, 2.45) is 0 Å². The van der Waals surface area contributed by atoms with Crippen LogP contribution in [0.4, 0.5) is 0 Å². The molecule has 2 amide bonds. The molecule has 5 heteroatoms. The minimum Gasteiger partial charge on any atom is -0.463 e. The summed E-state index contributed by atoms with van der Waals surface area (Å²) in [5.41, 5.74) is 1.19. The highest BCUT2D eigenvalue weighted by Crippen LogP contribution is 2.42. The van der Waals surface area contributed by atoms with E-state index in [0.717, 1.165) is 36.1 Å². The summed E-state index contributed by atoms with van der Waals surface area (Å²) in [6.45, 7) is 0.0852. The third kappa shape index (κ3) is 2.93. The smallest absolute Gasteiger partial charge is 0.316 e. The molecule has 1 aliphatic carbocycles. The summed E-state index contributed by atoms with van der Waals surface area (Å²) < 4.78 is 5.56. The zero-order valence-electron chi connectivity index (χ0n) is 15.0. The molecule has 1 fully saturated rings. The van der Waals surface area contributed by atoms with E-state index < -0.39 is 5.41 Å². The first-order valence-corrected chi connectivity index (χ1v) is 9.31. The Bertz CT molecular complexity index is 849. The van der Waals surface area contributed by atoms with Gasteiger partial charge in [-0.1, -0.05) is 55.3 Å². The van der Waals surface area contributed by atoms with Crippen LogP contribution < -0.4 is 0 Å². The van der Waals surface area contributed by atoms with Crippen molar-refractivity contribution in [1.82, 2.24) is 4.90 Å². The maximum absolute atomic E-state index is 12.9. The predicted molar refractivity (Wildman–Crippen MR) is 99.4 cm³/mol. The lowest BCUT2D eigenvalue weighted by atomic mass is 9.79. The van der Waals surface area contributed by atoms with Crippen LogP contribution in [0.15, 0.2) is 54.6 Å². The van der Waals surface area contributed by atoms with Gasteiger partial charge in [-0.15, -0.1) is 0 Å². The number of amides is 2. The van der Waals surface area contributed by atoms with Crippen LogP contribution >= 0.6 is 0 Å². The number of carbonyl (C=O) groups excluding carboxylic acids is 3. The molecule has 138 valence electrons. The first kappa shape index (κ1) is 17.5. The van der Waals surface area contributed by atoms with Crippen LogP contribution in [0.3, 0.4) is 0 Å². The molecule has 1 aliphatic heterocycles. The lowest BCUT2D eigenvalue weighted by Crippen LogP contribution is -2.38. The first-order chi connectivity index (χ1) is 13.1. The van der Waals surface area contributed by atoms with Crippen molar-refractivity contribution in [3.63, 3.8) is 0 Å². The van der Waals surface area contributed by atoms with Gasteiger partial charge in [-0.25, -0.2) is 0 Å². The molecule has 0 unspecified atom stereocenters. The Morgan fingerprint density at radius 3 is 2.04 bits per heavy atom.